The van der Waals surface area contributed by atoms with Crippen LogP contribution in [0.5, 0.6) is 5.75 Å². The number of nitrogens with one attached hydrogen (secondary N) is 1. The lowest BCUT2D eigenvalue weighted by molar-refractivity contribution is -0.385. The Morgan fingerprint density at radius 3 is 2.74 bits per heavy atom. The molecule has 1 saturated heterocycles. The van der Waals surface area contributed by atoms with Gasteiger partial charge in [0.1, 0.15) is 0 Å². The van der Waals surface area contributed by atoms with Crippen LogP contribution in [0.3, 0.4) is 0 Å². The molecule has 0 saturated carbocycles. The van der Waals surface area contributed by atoms with Gasteiger partial charge in [-0.3, -0.25) is 14.9 Å². The summed E-state index contributed by atoms with van der Waals surface area (Å²) in [6, 6.07) is 3.86. The van der Waals surface area contributed by atoms with Crippen molar-refractivity contribution in [2.45, 2.75) is 18.9 Å². The number of rotatable bonds is 3. The lowest BCUT2D eigenvalue weighted by atomic mass is 10.1. The van der Waals surface area contributed by atoms with Crippen molar-refractivity contribution in [3.05, 3.63) is 33.9 Å². The van der Waals surface area contributed by atoms with E-state index < -0.39 is 22.3 Å². The van der Waals surface area contributed by atoms with E-state index in [-0.39, 0.29) is 11.6 Å². The monoisotopic (exact) mass is 266 g/mol. The first-order valence-electron chi connectivity index (χ1n) is 5.94. The Bertz CT molecular complexity index is 497. The summed E-state index contributed by atoms with van der Waals surface area (Å²) in [5.74, 6) is -1.11. The molecule has 1 heterocycles. The third kappa shape index (κ3) is 3.00. The highest BCUT2D eigenvalue weighted by Crippen LogP contribution is 2.29. The maximum absolute atomic E-state index is 12.0. The predicted molar refractivity (Wildman–Crippen MR) is 66.1 cm³/mol. The van der Waals surface area contributed by atoms with Crippen molar-refractivity contribution in [3.63, 3.8) is 0 Å². The van der Waals surface area contributed by atoms with Gasteiger partial charge in [-0.1, -0.05) is 6.07 Å². The largest absolute Gasteiger partial charge is 0.502 e. The first kappa shape index (κ1) is 13.3. The topological polar surface area (TPSA) is 102 Å². The lowest BCUT2D eigenvalue weighted by Crippen LogP contribution is -2.38. The van der Waals surface area contributed by atoms with Crippen LogP contribution in [0.15, 0.2) is 18.2 Å². The molecule has 102 valence electrons. The van der Waals surface area contributed by atoms with Crippen molar-refractivity contribution in [1.29, 1.82) is 0 Å². The van der Waals surface area contributed by atoms with E-state index in [0.29, 0.717) is 26.1 Å². The van der Waals surface area contributed by atoms with E-state index in [0.717, 1.165) is 6.07 Å². The zero-order chi connectivity index (χ0) is 13.8. The van der Waals surface area contributed by atoms with Crippen molar-refractivity contribution < 1.29 is 19.6 Å². The molecule has 1 aliphatic heterocycles. The number of amides is 1. The average molecular weight is 266 g/mol. The van der Waals surface area contributed by atoms with E-state index in [2.05, 4.69) is 5.32 Å². The van der Waals surface area contributed by atoms with Crippen LogP contribution in [-0.4, -0.2) is 35.2 Å². The Labute approximate surface area is 109 Å². The maximum atomic E-state index is 12.0. The third-order valence-corrected chi connectivity index (χ3v) is 3.01. The van der Waals surface area contributed by atoms with Gasteiger partial charge in [0.25, 0.3) is 5.91 Å². The second-order valence-corrected chi connectivity index (χ2v) is 4.29. The molecule has 0 unspecified atom stereocenters. The minimum Gasteiger partial charge on any atom is -0.502 e. The zero-order valence-corrected chi connectivity index (χ0v) is 10.2. The minimum absolute atomic E-state index is 0.0279. The summed E-state index contributed by atoms with van der Waals surface area (Å²) in [6.07, 6.45) is 1.39. The number of nitro groups is 1. The lowest BCUT2D eigenvalue weighted by Gasteiger charge is -2.23. The van der Waals surface area contributed by atoms with Gasteiger partial charge in [0.15, 0.2) is 0 Å². The molecule has 0 spiro atoms. The fourth-order valence-electron chi connectivity index (χ4n) is 1.97. The van der Waals surface area contributed by atoms with E-state index in [4.69, 9.17) is 4.74 Å². The predicted octanol–water partition coefficient (Wildman–Crippen LogP) is 1.21. The number of phenolic OH excluding ortho intramolecular Hbond substituents is 1. The molecule has 0 bridgehead atoms. The zero-order valence-electron chi connectivity index (χ0n) is 10.2. The fourth-order valence-corrected chi connectivity index (χ4v) is 1.97. The van der Waals surface area contributed by atoms with Gasteiger partial charge in [-0.15, -0.1) is 0 Å². The molecule has 0 aromatic heterocycles. The van der Waals surface area contributed by atoms with Crippen molar-refractivity contribution in [2.24, 2.45) is 0 Å². The van der Waals surface area contributed by atoms with Crippen molar-refractivity contribution in [1.82, 2.24) is 5.32 Å². The highest BCUT2D eigenvalue weighted by atomic mass is 16.6. The highest BCUT2D eigenvalue weighted by Gasteiger charge is 2.23. The average Bonchev–Trinajstić information content (AvgIpc) is 2.39. The number of carbonyl (C=O) groups is 1. The Kier molecular flexibility index (Phi) is 3.96. The number of nitrogens with zero attached hydrogens (tertiary/aromatic N) is 1. The van der Waals surface area contributed by atoms with Crippen LogP contribution in [0.1, 0.15) is 23.2 Å². The summed E-state index contributed by atoms with van der Waals surface area (Å²) in [5.41, 5.74) is -0.555. The van der Waals surface area contributed by atoms with Gasteiger partial charge in [-0.05, 0) is 18.9 Å². The summed E-state index contributed by atoms with van der Waals surface area (Å²) in [6.45, 7) is 1.15. The number of hydrogen-bond acceptors (Lipinski definition) is 5. The van der Waals surface area contributed by atoms with Crippen LogP contribution in [0, 0.1) is 10.1 Å². The van der Waals surface area contributed by atoms with Gasteiger partial charge in [0, 0.05) is 25.3 Å². The Hall–Kier alpha value is -2.15. The molecule has 1 amide bonds. The van der Waals surface area contributed by atoms with Gasteiger partial charge >= 0.3 is 5.69 Å². The Balaban J connectivity index is 2.14. The molecular weight excluding hydrogens is 252 g/mol. The van der Waals surface area contributed by atoms with Crippen LogP contribution in [0.25, 0.3) is 0 Å². The Morgan fingerprint density at radius 2 is 2.11 bits per heavy atom. The van der Waals surface area contributed by atoms with Gasteiger partial charge < -0.3 is 15.2 Å². The van der Waals surface area contributed by atoms with E-state index in [9.17, 15) is 20.0 Å². The molecule has 1 aliphatic rings. The van der Waals surface area contributed by atoms with Crippen LogP contribution in [0.4, 0.5) is 5.69 Å². The van der Waals surface area contributed by atoms with Crippen LogP contribution in [0.2, 0.25) is 0 Å². The number of benzene rings is 1. The standard InChI is InChI=1S/C12H14N2O5/c15-11-9(2-1-3-10(11)14(17)18)12(16)13-8-4-6-19-7-5-8/h1-3,8,15H,4-7H2,(H,13,16). The Morgan fingerprint density at radius 1 is 1.42 bits per heavy atom. The molecule has 7 heteroatoms. The van der Waals surface area contributed by atoms with E-state index in [1.165, 1.54) is 12.1 Å². The highest BCUT2D eigenvalue weighted by molar-refractivity contribution is 5.98. The summed E-state index contributed by atoms with van der Waals surface area (Å²) in [7, 11) is 0. The van der Waals surface area contributed by atoms with Crippen molar-refractivity contribution in [3.8, 4) is 5.75 Å². The van der Waals surface area contributed by atoms with E-state index in [1.54, 1.807) is 0 Å². The number of ether oxygens (including phenoxy) is 1. The van der Waals surface area contributed by atoms with Gasteiger partial charge in [-0.2, -0.15) is 0 Å². The second kappa shape index (κ2) is 5.66. The molecule has 19 heavy (non-hydrogen) atoms. The summed E-state index contributed by atoms with van der Waals surface area (Å²) >= 11 is 0. The number of para-hydroxylation sites is 1. The first-order chi connectivity index (χ1) is 9.09. The SMILES string of the molecule is O=C(NC1CCOCC1)c1cccc([N+](=O)[O-])c1O. The summed E-state index contributed by atoms with van der Waals surface area (Å²) in [5, 5.41) is 23.2. The summed E-state index contributed by atoms with van der Waals surface area (Å²) < 4.78 is 5.17. The van der Waals surface area contributed by atoms with E-state index in [1.807, 2.05) is 0 Å². The normalized spacial score (nSPS) is 16.0. The van der Waals surface area contributed by atoms with Gasteiger partial charge in [0.05, 0.1) is 10.5 Å². The number of aromatic hydroxyl groups is 1. The van der Waals surface area contributed by atoms with E-state index >= 15 is 0 Å². The van der Waals surface area contributed by atoms with Crippen LogP contribution >= 0.6 is 0 Å². The summed E-state index contributed by atoms with van der Waals surface area (Å²) in [4.78, 5) is 21.9. The minimum atomic E-state index is -0.722. The number of carbonyl (C=O) groups excluding carboxylic acids is 1. The van der Waals surface area contributed by atoms with Gasteiger partial charge in [0.2, 0.25) is 5.75 Å². The number of phenols is 1. The third-order valence-electron chi connectivity index (χ3n) is 3.01. The fraction of sp³-hybridized carbons (Fsp3) is 0.417. The smallest absolute Gasteiger partial charge is 0.311 e. The molecule has 7 nitrogen and oxygen atoms in total. The molecule has 0 aliphatic carbocycles. The maximum Gasteiger partial charge on any atom is 0.311 e. The van der Waals surface area contributed by atoms with Crippen LogP contribution in [-0.2, 0) is 4.74 Å². The van der Waals surface area contributed by atoms with Crippen molar-refractivity contribution >= 4 is 11.6 Å². The first-order valence-corrected chi connectivity index (χ1v) is 5.94. The molecule has 1 aromatic carbocycles. The van der Waals surface area contributed by atoms with Gasteiger partial charge in [-0.25, -0.2) is 0 Å². The molecule has 2 N–H and O–H groups in total. The quantitative estimate of drug-likeness (QED) is 0.632. The molecule has 1 fully saturated rings. The van der Waals surface area contributed by atoms with Crippen molar-refractivity contribution in [2.75, 3.05) is 13.2 Å². The molecular formula is C12H14N2O5. The number of hydrogen-bond donors (Lipinski definition) is 2. The molecule has 0 radical (unpaired) electrons. The molecule has 0 atom stereocenters. The molecule has 1 aromatic rings. The van der Waals surface area contributed by atoms with Crippen LogP contribution < -0.4 is 5.32 Å². The molecule has 2 rings (SSSR count). The second-order valence-electron chi connectivity index (χ2n) is 4.29. The number of nitro benzene ring substituents is 1.